The third-order valence-electron chi connectivity index (χ3n) is 3.28. The van der Waals surface area contributed by atoms with E-state index >= 15 is 0 Å². The fourth-order valence-corrected chi connectivity index (χ4v) is 1.29. The summed E-state index contributed by atoms with van der Waals surface area (Å²) in [6.07, 6.45) is 0. The number of hydrogen-bond donors (Lipinski definition) is 3. The highest BCUT2D eigenvalue weighted by Crippen LogP contribution is 2.24. The minimum Gasteiger partial charge on any atom is -0.388 e. The molecule has 0 amide bonds. The molecule has 0 saturated carbocycles. The number of aromatic nitrogens is 2. The van der Waals surface area contributed by atoms with E-state index in [9.17, 15) is 9.90 Å². The molecule has 0 saturated heterocycles. The van der Waals surface area contributed by atoms with Gasteiger partial charge in [-0.05, 0) is 27.7 Å². The zero-order valence-corrected chi connectivity index (χ0v) is 12.0. The Labute approximate surface area is 108 Å². The molecule has 0 atom stereocenters. The Morgan fingerprint density at radius 3 is 2.33 bits per heavy atom. The van der Waals surface area contributed by atoms with Crippen LogP contribution in [0.25, 0.3) is 0 Å². The van der Waals surface area contributed by atoms with Crippen molar-refractivity contribution in [3.8, 4) is 0 Å². The van der Waals surface area contributed by atoms with Gasteiger partial charge in [0.25, 0.3) is 5.56 Å². The SMILES string of the molecule is CC(C)c1nc(NC(C)(C)C(C)(C)O)cc(=O)[nH]1. The van der Waals surface area contributed by atoms with E-state index in [0.29, 0.717) is 11.6 Å². The minimum atomic E-state index is -0.935. The smallest absolute Gasteiger partial charge is 0.252 e. The topological polar surface area (TPSA) is 78.0 Å². The summed E-state index contributed by atoms with van der Waals surface area (Å²) in [5, 5.41) is 13.2. The van der Waals surface area contributed by atoms with Gasteiger partial charge in [0, 0.05) is 12.0 Å². The van der Waals surface area contributed by atoms with Gasteiger partial charge >= 0.3 is 0 Å². The molecule has 1 aromatic heterocycles. The number of nitrogens with one attached hydrogen (secondary N) is 2. The number of aliphatic hydroxyl groups is 1. The first-order valence-corrected chi connectivity index (χ1v) is 6.15. The molecular formula is C13H23N3O2. The fraction of sp³-hybridized carbons (Fsp3) is 0.692. The molecule has 18 heavy (non-hydrogen) atoms. The summed E-state index contributed by atoms with van der Waals surface area (Å²) in [7, 11) is 0. The molecule has 0 aliphatic rings. The van der Waals surface area contributed by atoms with Gasteiger partial charge < -0.3 is 15.4 Å². The van der Waals surface area contributed by atoms with Gasteiger partial charge in [-0.2, -0.15) is 0 Å². The van der Waals surface area contributed by atoms with E-state index in [-0.39, 0.29) is 11.5 Å². The molecule has 0 radical (unpaired) electrons. The maximum atomic E-state index is 11.6. The summed E-state index contributed by atoms with van der Waals surface area (Å²) < 4.78 is 0. The van der Waals surface area contributed by atoms with Crippen LogP contribution in [0.15, 0.2) is 10.9 Å². The predicted molar refractivity (Wildman–Crippen MR) is 72.9 cm³/mol. The molecule has 0 aliphatic heterocycles. The van der Waals surface area contributed by atoms with Crippen molar-refractivity contribution in [2.45, 2.75) is 58.6 Å². The summed E-state index contributed by atoms with van der Waals surface area (Å²) in [6.45, 7) is 11.1. The average Bonchev–Trinajstić information content (AvgIpc) is 2.13. The van der Waals surface area contributed by atoms with Crippen LogP contribution in [0.4, 0.5) is 5.82 Å². The third-order valence-corrected chi connectivity index (χ3v) is 3.28. The van der Waals surface area contributed by atoms with Gasteiger partial charge in [-0.25, -0.2) is 4.98 Å². The Hall–Kier alpha value is -1.36. The van der Waals surface area contributed by atoms with Crippen LogP contribution in [0, 0.1) is 0 Å². The van der Waals surface area contributed by atoms with Gasteiger partial charge in [-0.1, -0.05) is 13.8 Å². The number of rotatable bonds is 4. The van der Waals surface area contributed by atoms with Crippen molar-refractivity contribution in [3.63, 3.8) is 0 Å². The molecule has 1 aromatic rings. The number of nitrogens with zero attached hydrogens (tertiary/aromatic N) is 1. The molecule has 1 rings (SSSR count). The van der Waals surface area contributed by atoms with E-state index in [1.807, 2.05) is 27.7 Å². The summed E-state index contributed by atoms with van der Waals surface area (Å²) in [6, 6.07) is 1.40. The molecule has 3 N–H and O–H groups in total. The number of hydrogen-bond acceptors (Lipinski definition) is 4. The zero-order chi connectivity index (χ0) is 14.1. The predicted octanol–water partition coefficient (Wildman–Crippen LogP) is 1.85. The van der Waals surface area contributed by atoms with Crippen LogP contribution < -0.4 is 10.9 Å². The number of H-pyrrole nitrogens is 1. The Balaban J connectivity index is 3.09. The first-order valence-electron chi connectivity index (χ1n) is 6.15. The van der Waals surface area contributed by atoms with Crippen molar-refractivity contribution in [1.82, 2.24) is 9.97 Å². The Morgan fingerprint density at radius 2 is 1.89 bits per heavy atom. The lowest BCUT2D eigenvalue weighted by Crippen LogP contribution is -2.51. The molecule has 0 bridgehead atoms. The largest absolute Gasteiger partial charge is 0.388 e. The van der Waals surface area contributed by atoms with Crippen LogP contribution in [0.1, 0.15) is 53.3 Å². The van der Waals surface area contributed by atoms with Crippen molar-refractivity contribution in [1.29, 1.82) is 0 Å². The van der Waals surface area contributed by atoms with Crippen LogP contribution in [-0.4, -0.2) is 26.2 Å². The van der Waals surface area contributed by atoms with Gasteiger partial charge in [-0.3, -0.25) is 4.79 Å². The summed E-state index contributed by atoms with van der Waals surface area (Å²) >= 11 is 0. The van der Waals surface area contributed by atoms with E-state index in [2.05, 4.69) is 15.3 Å². The average molecular weight is 253 g/mol. The molecule has 0 unspecified atom stereocenters. The van der Waals surface area contributed by atoms with Crippen molar-refractivity contribution >= 4 is 5.82 Å². The van der Waals surface area contributed by atoms with Gasteiger partial charge in [0.2, 0.25) is 0 Å². The lowest BCUT2D eigenvalue weighted by Gasteiger charge is -2.38. The normalized spacial score (nSPS) is 12.9. The minimum absolute atomic E-state index is 0.143. The van der Waals surface area contributed by atoms with Gasteiger partial charge in [0.1, 0.15) is 11.6 Å². The van der Waals surface area contributed by atoms with Crippen LogP contribution >= 0.6 is 0 Å². The second-order valence-corrected chi connectivity index (χ2v) is 5.98. The van der Waals surface area contributed by atoms with E-state index in [1.54, 1.807) is 13.8 Å². The highest BCUT2D eigenvalue weighted by Gasteiger charge is 2.35. The van der Waals surface area contributed by atoms with Crippen LogP contribution in [0.5, 0.6) is 0 Å². The molecule has 102 valence electrons. The standard InChI is InChI=1S/C13H23N3O2/c1-8(2)11-14-9(7-10(17)15-11)16-12(3,4)13(5,6)18/h7-8,18H,1-6H3,(H2,14,15,16,17). The second kappa shape index (κ2) is 4.72. The Morgan fingerprint density at radius 1 is 1.33 bits per heavy atom. The summed E-state index contributed by atoms with van der Waals surface area (Å²) in [5.41, 5.74) is -1.72. The monoisotopic (exact) mass is 253 g/mol. The molecule has 5 heteroatoms. The quantitative estimate of drug-likeness (QED) is 0.765. The molecule has 0 aromatic carbocycles. The maximum absolute atomic E-state index is 11.6. The molecule has 0 fully saturated rings. The zero-order valence-electron chi connectivity index (χ0n) is 12.0. The highest BCUT2D eigenvalue weighted by molar-refractivity contribution is 5.37. The fourth-order valence-electron chi connectivity index (χ4n) is 1.29. The van der Waals surface area contributed by atoms with Crippen molar-refractivity contribution < 1.29 is 5.11 Å². The third kappa shape index (κ3) is 3.32. The second-order valence-electron chi connectivity index (χ2n) is 5.98. The number of anilines is 1. The maximum Gasteiger partial charge on any atom is 0.252 e. The molecule has 0 aliphatic carbocycles. The van der Waals surface area contributed by atoms with Crippen LogP contribution in [-0.2, 0) is 0 Å². The van der Waals surface area contributed by atoms with E-state index in [1.165, 1.54) is 6.07 Å². The van der Waals surface area contributed by atoms with Crippen molar-refractivity contribution in [2.75, 3.05) is 5.32 Å². The van der Waals surface area contributed by atoms with Crippen LogP contribution in [0.2, 0.25) is 0 Å². The van der Waals surface area contributed by atoms with E-state index in [0.717, 1.165) is 0 Å². The number of aromatic amines is 1. The molecule has 5 nitrogen and oxygen atoms in total. The first-order chi connectivity index (χ1) is 8.03. The molecule has 0 spiro atoms. The highest BCUT2D eigenvalue weighted by atomic mass is 16.3. The van der Waals surface area contributed by atoms with Gasteiger partial charge in [-0.15, -0.1) is 0 Å². The lowest BCUT2D eigenvalue weighted by molar-refractivity contribution is 0.0238. The van der Waals surface area contributed by atoms with Crippen LogP contribution in [0.3, 0.4) is 0 Å². The molecular weight excluding hydrogens is 230 g/mol. The van der Waals surface area contributed by atoms with Gasteiger partial charge in [0.15, 0.2) is 0 Å². The summed E-state index contributed by atoms with van der Waals surface area (Å²) in [4.78, 5) is 18.6. The Kier molecular flexibility index (Phi) is 3.86. The van der Waals surface area contributed by atoms with Gasteiger partial charge in [0.05, 0.1) is 11.1 Å². The van der Waals surface area contributed by atoms with E-state index in [4.69, 9.17) is 0 Å². The first kappa shape index (κ1) is 14.7. The summed E-state index contributed by atoms with van der Waals surface area (Å²) in [5.74, 6) is 1.26. The van der Waals surface area contributed by atoms with Crippen molar-refractivity contribution in [2.24, 2.45) is 0 Å². The van der Waals surface area contributed by atoms with E-state index < -0.39 is 11.1 Å². The van der Waals surface area contributed by atoms with Crippen molar-refractivity contribution in [3.05, 3.63) is 22.2 Å². The molecule has 1 heterocycles. The lowest BCUT2D eigenvalue weighted by atomic mass is 9.86. The Bertz CT molecular complexity index is 470.